The molecule has 14 heavy (non-hydrogen) atoms. The highest BCUT2D eigenvalue weighted by Gasteiger charge is 2.29. The molecule has 0 amide bonds. The van der Waals surface area contributed by atoms with E-state index in [9.17, 15) is 0 Å². The Balaban J connectivity index is 1.66. The number of hydrogen-bond donors (Lipinski definition) is 1. The van der Waals surface area contributed by atoms with E-state index in [4.69, 9.17) is 0 Å². The van der Waals surface area contributed by atoms with Gasteiger partial charge in [0.1, 0.15) is 0 Å². The van der Waals surface area contributed by atoms with E-state index in [0.717, 1.165) is 5.92 Å². The van der Waals surface area contributed by atoms with Gasteiger partial charge in [0.25, 0.3) is 0 Å². The van der Waals surface area contributed by atoms with Gasteiger partial charge in [-0.3, -0.25) is 0 Å². The van der Waals surface area contributed by atoms with Crippen molar-refractivity contribution in [2.24, 2.45) is 11.3 Å². The quantitative estimate of drug-likeness (QED) is 0.736. The van der Waals surface area contributed by atoms with Gasteiger partial charge in [0.15, 0.2) is 0 Å². The summed E-state index contributed by atoms with van der Waals surface area (Å²) in [6.07, 6.45) is 5.65. The highest BCUT2D eigenvalue weighted by molar-refractivity contribution is 4.84. The summed E-state index contributed by atoms with van der Waals surface area (Å²) in [6.45, 7) is 7.51. The standard InChI is InChI=1S/C12H24N2/c1-12(5-7-14(2)8-6-12)10-13-9-11-3-4-11/h11,13H,3-10H2,1-2H3. The van der Waals surface area contributed by atoms with Crippen molar-refractivity contribution in [2.75, 3.05) is 33.2 Å². The summed E-state index contributed by atoms with van der Waals surface area (Å²) in [4.78, 5) is 2.45. The van der Waals surface area contributed by atoms with Crippen molar-refractivity contribution in [3.05, 3.63) is 0 Å². The van der Waals surface area contributed by atoms with Gasteiger partial charge in [-0.2, -0.15) is 0 Å². The van der Waals surface area contributed by atoms with Gasteiger partial charge >= 0.3 is 0 Å². The molecule has 1 aliphatic carbocycles. The van der Waals surface area contributed by atoms with Gasteiger partial charge in [0.2, 0.25) is 0 Å². The van der Waals surface area contributed by atoms with Crippen LogP contribution in [-0.2, 0) is 0 Å². The minimum atomic E-state index is 0.571. The third-order valence-corrected chi connectivity index (χ3v) is 3.88. The van der Waals surface area contributed by atoms with Crippen LogP contribution in [0.25, 0.3) is 0 Å². The SMILES string of the molecule is CN1CCC(C)(CNCC2CC2)CC1. The zero-order chi connectivity index (χ0) is 10.0. The van der Waals surface area contributed by atoms with Crippen molar-refractivity contribution in [1.29, 1.82) is 0 Å². The van der Waals surface area contributed by atoms with Gasteiger partial charge in [-0.05, 0) is 63.7 Å². The van der Waals surface area contributed by atoms with Crippen LogP contribution in [0, 0.1) is 11.3 Å². The third kappa shape index (κ3) is 2.96. The van der Waals surface area contributed by atoms with Crippen molar-refractivity contribution in [2.45, 2.75) is 32.6 Å². The molecule has 1 aliphatic heterocycles. The molecule has 0 spiro atoms. The van der Waals surface area contributed by atoms with Crippen molar-refractivity contribution in [1.82, 2.24) is 10.2 Å². The van der Waals surface area contributed by atoms with Crippen LogP contribution in [0.2, 0.25) is 0 Å². The molecule has 2 fully saturated rings. The average Bonchev–Trinajstić information content (AvgIpc) is 2.95. The zero-order valence-corrected chi connectivity index (χ0v) is 9.68. The molecule has 2 nitrogen and oxygen atoms in total. The Bertz CT molecular complexity index is 179. The molecular formula is C12H24N2. The van der Waals surface area contributed by atoms with Crippen molar-refractivity contribution < 1.29 is 0 Å². The highest BCUT2D eigenvalue weighted by Crippen LogP contribution is 2.31. The first-order valence-electron chi connectivity index (χ1n) is 6.07. The average molecular weight is 196 g/mol. The van der Waals surface area contributed by atoms with Gasteiger partial charge in [-0.25, -0.2) is 0 Å². The second-order valence-electron chi connectivity index (χ2n) is 5.69. The highest BCUT2D eigenvalue weighted by atomic mass is 15.1. The Hall–Kier alpha value is -0.0800. The Kier molecular flexibility index (Phi) is 3.13. The fourth-order valence-electron chi connectivity index (χ4n) is 2.24. The van der Waals surface area contributed by atoms with Gasteiger partial charge in [0, 0.05) is 6.54 Å². The van der Waals surface area contributed by atoms with E-state index < -0.39 is 0 Å². The van der Waals surface area contributed by atoms with Crippen LogP contribution in [-0.4, -0.2) is 38.1 Å². The van der Waals surface area contributed by atoms with Crippen LogP contribution in [0.5, 0.6) is 0 Å². The summed E-state index contributed by atoms with van der Waals surface area (Å²) in [6, 6.07) is 0. The van der Waals surface area contributed by atoms with E-state index in [1.807, 2.05) is 0 Å². The minimum absolute atomic E-state index is 0.571. The van der Waals surface area contributed by atoms with Gasteiger partial charge in [-0.1, -0.05) is 6.92 Å². The smallest absolute Gasteiger partial charge is 0.000623 e. The largest absolute Gasteiger partial charge is 0.316 e. The van der Waals surface area contributed by atoms with Crippen LogP contribution >= 0.6 is 0 Å². The lowest BCUT2D eigenvalue weighted by atomic mass is 9.80. The van der Waals surface area contributed by atoms with E-state index in [0.29, 0.717) is 5.41 Å². The predicted molar refractivity (Wildman–Crippen MR) is 60.4 cm³/mol. The second kappa shape index (κ2) is 4.19. The fourth-order valence-corrected chi connectivity index (χ4v) is 2.24. The van der Waals surface area contributed by atoms with E-state index in [-0.39, 0.29) is 0 Å². The molecule has 1 N–H and O–H groups in total. The lowest BCUT2D eigenvalue weighted by Crippen LogP contribution is -2.42. The van der Waals surface area contributed by atoms with Crippen molar-refractivity contribution in [3.8, 4) is 0 Å². The molecule has 0 radical (unpaired) electrons. The van der Waals surface area contributed by atoms with Crippen LogP contribution < -0.4 is 5.32 Å². The topological polar surface area (TPSA) is 15.3 Å². The van der Waals surface area contributed by atoms with Gasteiger partial charge in [-0.15, -0.1) is 0 Å². The minimum Gasteiger partial charge on any atom is -0.316 e. The second-order valence-corrected chi connectivity index (χ2v) is 5.69. The summed E-state index contributed by atoms with van der Waals surface area (Å²) in [5.41, 5.74) is 0.571. The lowest BCUT2D eigenvalue weighted by molar-refractivity contribution is 0.137. The molecule has 0 unspecified atom stereocenters. The van der Waals surface area contributed by atoms with E-state index in [1.54, 1.807) is 0 Å². The summed E-state index contributed by atoms with van der Waals surface area (Å²) in [7, 11) is 2.23. The Morgan fingerprint density at radius 1 is 1.29 bits per heavy atom. The first-order chi connectivity index (χ1) is 6.68. The molecule has 1 saturated heterocycles. The summed E-state index contributed by atoms with van der Waals surface area (Å²) in [5, 5.41) is 3.65. The maximum absolute atomic E-state index is 3.65. The maximum atomic E-state index is 3.65. The molecule has 82 valence electrons. The van der Waals surface area contributed by atoms with Crippen LogP contribution in [0.1, 0.15) is 32.6 Å². The summed E-state index contributed by atoms with van der Waals surface area (Å²) < 4.78 is 0. The predicted octanol–water partition coefficient (Wildman–Crippen LogP) is 1.72. The molecule has 0 bridgehead atoms. The van der Waals surface area contributed by atoms with Crippen molar-refractivity contribution in [3.63, 3.8) is 0 Å². The van der Waals surface area contributed by atoms with E-state index >= 15 is 0 Å². The van der Waals surface area contributed by atoms with Crippen LogP contribution in [0.3, 0.4) is 0 Å². The molecule has 2 aliphatic rings. The van der Waals surface area contributed by atoms with E-state index in [2.05, 4.69) is 24.2 Å². The maximum Gasteiger partial charge on any atom is 0.000623 e. The fraction of sp³-hybridized carbons (Fsp3) is 1.00. The number of hydrogen-bond acceptors (Lipinski definition) is 2. The molecule has 0 aromatic carbocycles. The molecule has 1 heterocycles. The van der Waals surface area contributed by atoms with Gasteiger partial charge < -0.3 is 10.2 Å². The number of likely N-dealkylation sites (tertiary alicyclic amines) is 1. The first kappa shape index (κ1) is 10.4. The lowest BCUT2D eigenvalue weighted by Gasteiger charge is -2.38. The molecular weight excluding hydrogens is 172 g/mol. The van der Waals surface area contributed by atoms with E-state index in [1.165, 1.54) is 51.9 Å². The zero-order valence-electron chi connectivity index (χ0n) is 9.68. The normalized spacial score (nSPS) is 27.9. The van der Waals surface area contributed by atoms with Crippen LogP contribution in [0.15, 0.2) is 0 Å². The molecule has 0 atom stereocenters. The number of rotatable bonds is 4. The third-order valence-electron chi connectivity index (χ3n) is 3.88. The number of piperidine rings is 1. The Morgan fingerprint density at radius 3 is 2.50 bits per heavy atom. The summed E-state index contributed by atoms with van der Waals surface area (Å²) >= 11 is 0. The molecule has 0 aromatic rings. The Morgan fingerprint density at radius 2 is 1.93 bits per heavy atom. The molecule has 1 saturated carbocycles. The summed E-state index contributed by atoms with van der Waals surface area (Å²) in [5.74, 6) is 1.02. The molecule has 0 aromatic heterocycles. The van der Waals surface area contributed by atoms with Crippen LogP contribution in [0.4, 0.5) is 0 Å². The Labute approximate surface area is 88.1 Å². The van der Waals surface area contributed by atoms with Crippen molar-refractivity contribution >= 4 is 0 Å². The number of nitrogens with one attached hydrogen (secondary N) is 1. The number of nitrogens with zero attached hydrogens (tertiary/aromatic N) is 1. The monoisotopic (exact) mass is 196 g/mol. The molecule has 2 rings (SSSR count). The van der Waals surface area contributed by atoms with Gasteiger partial charge in [0.05, 0.1) is 0 Å². The molecule has 2 heteroatoms. The first-order valence-corrected chi connectivity index (χ1v) is 6.07.